The molecule has 0 aromatic heterocycles. The van der Waals surface area contributed by atoms with E-state index in [1.807, 2.05) is 67.6 Å². The summed E-state index contributed by atoms with van der Waals surface area (Å²) in [5.41, 5.74) is 4.19. The molecule has 0 saturated carbocycles. The number of aliphatic hydroxyl groups excluding tert-OH is 1. The molecule has 7 aromatic rings. The first-order valence-electron chi connectivity index (χ1n) is 22.7. The van der Waals surface area contributed by atoms with E-state index in [-0.39, 0.29) is 18.1 Å². The molecule has 2 unspecified atom stereocenters. The Labute approximate surface area is 387 Å². The molecule has 0 spiro atoms. The van der Waals surface area contributed by atoms with Gasteiger partial charge in [0, 0.05) is 16.7 Å². The van der Waals surface area contributed by atoms with Crippen LogP contribution in [0.4, 0.5) is 0 Å². The summed E-state index contributed by atoms with van der Waals surface area (Å²) in [5.74, 6) is 0. The highest BCUT2D eigenvalue weighted by molar-refractivity contribution is 7.88. The summed E-state index contributed by atoms with van der Waals surface area (Å²) in [5, 5.41) is 20.1. The smallest absolute Gasteiger partial charge is 0.192 e. The first kappa shape index (κ1) is 46.7. The highest BCUT2D eigenvalue weighted by Gasteiger charge is 2.52. The molecule has 7 aromatic carbocycles. The van der Waals surface area contributed by atoms with Gasteiger partial charge in [-0.25, -0.2) is 4.21 Å². The third kappa shape index (κ3) is 11.8. The number of hydrogen-bond donors (Lipinski definition) is 1. The Morgan fingerprint density at radius 1 is 0.631 bits per heavy atom. The third-order valence-corrected chi connectivity index (χ3v) is 18.6. The van der Waals surface area contributed by atoms with Crippen molar-refractivity contribution in [2.45, 2.75) is 114 Å². The van der Waals surface area contributed by atoms with Crippen molar-refractivity contribution < 1.29 is 32.7 Å². The number of benzene rings is 7. The summed E-state index contributed by atoms with van der Waals surface area (Å²) in [4.78, 5) is 0.671. The number of hydrogen-bond acceptors (Lipinski definition) is 7. The van der Waals surface area contributed by atoms with E-state index in [2.05, 4.69) is 125 Å². The Kier molecular flexibility index (Phi) is 14.9. The molecule has 7 atom stereocenters. The third-order valence-electron chi connectivity index (χ3n) is 13.0. The quantitative estimate of drug-likeness (QED) is 0.0911. The van der Waals surface area contributed by atoms with Crippen molar-refractivity contribution in [1.82, 2.24) is 0 Å². The molecule has 338 valence electrons. The highest BCUT2D eigenvalue weighted by atomic mass is 32.2. The minimum absolute atomic E-state index is 0.148. The normalized spacial score (nSPS) is 20.4. The van der Waals surface area contributed by atoms with E-state index in [1.54, 1.807) is 11.5 Å². The maximum absolute atomic E-state index is 13.3. The van der Waals surface area contributed by atoms with Crippen LogP contribution >= 0.6 is 0 Å². The van der Waals surface area contributed by atoms with Crippen molar-refractivity contribution in [1.29, 1.82) is 0 Å². The molecule has 0 bridgehead atoms. The largest absolute Gasteiger partial charge is 0.409 e. The molecule has 0 radical (unpaired) electrons. The lowest BCUT2D eigenvalue weighted by atomic mass is 9.91. The molecule has 1 heterocycles. The molecule has 7 nitrogen and oxygen atoms in total. The molecule has 1 aliphatic rings. The van der Waals surface area contributed by atoms with Gasteiger partial charge in [0.1, 0.15) is 24.4 Å². The Balaban J connectivity index is 1.15. The van der Waals surface area contributed by atoms with E-state index in [1.165, 1.54) is 5.39 Å². The summed E-state index contributed by atoms with van der Waals surface area (Å²) in [6.45, 7) is 14.3. The van der Waals surface area contributed by atoms with Crippen LogP contribution in [0.1, 0.15) is 49.4 Å². The van der Waals surface area contributed by atoms with E-state index in [0.29, 0.717) is 24.7 Å². The Morgan fingerprint density at radius 3 is 1.62 bits per heavy atom. The number of aliphatic hydroxyl groups is 1. The zero-order valence-corrected chi connectivity index (χ0v) is 40.2. The average Bonchev–Trinajstić information content (AvgIpc) is 3.30. The van der Waals surface area contributed by atoms with E-state index in [4.69, 9.17) is 23.4 Å². The van der Waals surface area contributed by atoms with Crippen LogP contribution in [-0.2, 0) is 54.0 Å². The second-order valence-electron chi connectivity index (χ2n) is 18.9. The van der Waals surface area contributed by atoms with Crippen molar-refractivity contribution in [3.8, 4) is 0 Å². The van der Waals surface area contributed by atoms with Gasteiger partial charge in [-0.1, -0.05) is 148 Å². The number of aryl methyl sites for hydroxylation is 1. The van der Waals surface area contributed by atoms with Gasteiger partial charge in [-0.2, -0.15) is 0 Å². The first-order chi connectivity index (χ1) is 31.3. The SMILES string of the molecule is Cc1ccc(S(=O)/C=C/C(O)C[C@@H]2O[C@@H](COCc3ccc4ccccc4c3)[C@H](OCc3ccc4ccccc4c3)[C@@H](OCc3ccc4ccccc4c3)[C@@H]2O[Si](C)(C)C(C)(C)C)cc1. The topological polar surface area (TPSA) is 83.5 Å². The number of rotatable bonds is 17. The number of ether oxygens (including phenoxy) is 4. The zero-order chi connectivity index (χ0) is 45.6. The monoisotopic (exact) mass is 906 g/mol. The predicted molar refractivity (Wildman–Crippen MR) is 267 cm³/mol. The summed E-state index contributed by atoms with van der Waals surface area (Å²) in [7, 11) is -3.95. The van der Waals surface area contributed by atoms with Crippen LogP contribution in [0.15, 0.2) is 168 Å². The molecule has 1 N–H and O–H groups in total. The van der Waals surface area contributed by atoms with E-state index >= 15 is 0 Å². The molecule has 0 amide bonds. The van der Waals surface area contributed by atoms with Crippen molar-refractivity contribution in [3.63, 3.8) is 0 Å². The molecular weight excluding hydrogens is 845 g/mol. The average molecular weight is 907 g/mol. The first-order valence-corrected chi connectivity index (χ1v) is 26.8. The summed E-state index contributed by atoms with van der Waals surface area (Å²) in [6, 6.07) is 51.8. The van der Waals surface area contributed by atoms with Gasteiger partial charge < -0.3 is 28.5 Å². The van der Waals surface area contributed by atoms with Gasteiger partial charge in [0.15, 0.2) is 8.32 Å². The lowest BCUT2D eigenvalue weighted by Gasteiger charge is -2.50. The van der Waals surface area contributed by atoms with Crippen molar-refractivity contribution in [2.75, 3.05) is 6.61 Å². The van der Waals surface area contributed by atoms with Crippen molar-refractivity contribution in [2.24, 2.45) is 0 Å². The maximum atomic E-state index is 13.3. The van der Waals surface area contributed by atoms with Crippen LogP contribution in [0, 0.1) is 6.92 Å². The van der Waals surface area contributed by atoms with Crippen molar-refractivity contribution >= 4 is 51.4 Å². The van der Waals surface area contributed by atoms with E-state index in [0.717, 1.165) is 49.2 Å². The fraction of sp³-hybridized carbons (Fsp3) is 0.321. The minimum Gasteiger partial charge on any atom is -0.409 e. The van der Waals surface area contributed by atoms with Gasteiger partial charge in [0.25, 0.3) is 0 Å². The molecule has 8 rings (SSSR count). The number of fused-ring (bicyclic) bond motifs is 3. The minimum atomic E-state index is -2.51. The van der Waals surface area contributed by atoms with Crippen molar-refractivity contribution in [3.05, 3.63) is 185 Å². The lowest BCUT2D eigenvalue weighted by molar-refractivity contribution is -0.260. The van der Waals surface area contributed by atoms with E-state index < -0.39 is 55.7 Å². The second kappa shape index (κ2) is 20.8. The molecule has 65 heavy (non-hydrogen) atoms. The van der Waals surface area contributed by atoms with Crippen LogP contribution in [0.5, 0.6) is 0 Å². The standard InChI is InChI=1S/C56H62O7SSi/c1-39-19-27-50(28-20-39)64(58)30-29-49(57)34-51-54(63-65(5,6)56(2,3)4)55(61-37-42-23-26-45-15-9-12-18-48(45)33-42)53(60-36-41-22-25-44-14-8-11-17-47(44)32-41)52(62-51)38-59-35-40-21-24-43-13-7-10-16-46(43)31-40/h7-33,49,51-55,57H,34-38H2,1-6H3/b30-29+/t49?,51-,52-,53-,54+,55+,64?/m0/s1. The van der Waals surface area contributed by atoms with Gasteiger partial charge in [-0.3, -0.25) is 0 Å². The maximum Gasteiger partial charge on any atom is 0.192 e. The van der Waals surface area contributed by atoms with Crippen LogP contribution in [0.2, 0.25) is 18.1 Å². The Bertz CT molecular complexity index is 2750. The van der Waals surface area contributed by atoms with Gasteiger partial charge in [0.05, 0.1) is 49.4 Å². The van der Waals surface area contributed by atoms with Crippen LogP contribution in [0.25, 0.3) is 32.3 Å². The lowest BCUT2D eigenvalue weighted by Crippen LogP contribution is -2.64. The highest BCUT2D eigenvalue weighted by Crippen LogP contribution is 2.41. The van der Waals surface area contributed by atoms with Crippen LogP contribution in [-0.4, -0.2) is 60.9 Å². The van der Waals surface area contributed by atoms with Gasteiger partial charge in [0.2, 0.25) is 0 Å². The molecular formula is C56H62O7SSi. The summed E-state index contributed by atoms with van der Waals surface area (Å²) in [6.07, 6.45) is -2.30. The Hall–Kier alpha value is -4.81. The molecule has 9 heteroatoms. The molecule has 1 aliphatic heterocycles. The van der Waals surface area contributed by atoms with Gasteiger partial charge in [-0.05, 0) is 110 Å². The van der Waals surface area contributed by atoms with Gasteiger partial charge in [-0.15, -0.1) is 0 Å². The molecule has 1 fully saturated rings. The van der Waals surface area contributed by atoms with E-state index in [9.17, 15) is 9.32 Å². The van der Waals surface area contributed by atoms with Crippen LogP contribution < -0.4 is 0 Å². The summed E-state index contributed by atoms with van der Waals surface area (Å²) < 4.78 is 48.7. The fourth-order valence-corrected chi connectivity index (χ4v) is 10.5. The summed E-state index contributed by atoms with van der Waals surface area (Å²) >= 11 is 0. The molecule has 0 aliphatic carbocycles. The van der Waals surface area contributed by atoms with Crippen LogP contribution in [0.3, 0.4) is 0 Å². The Morgan fingerprint density at radius 2 is 1.11 bits per heavy atom. The fourth-order valence-electron chi connectivity index (χ4n) is 8.26. The molecule has 1 saturated heterocycles. The zero-order valence-electron chi connectivity index (χ0n) is 38.4. The second-order valence-corrected chi connectivity index (χ2v) is 25.0. The van der Waals surface area contributed by atoms with Gasteiger partial charge >= 0.3 is 0 Å². The predicted octanol–water partition coefficient (Wildman–Crippen LogP) is 12.4.